The van der Waals surface area contributed by atoms with Crippen LogP contribution in [0.2, 0.25) is 0 Å². The molecule has 3 nitrogen and oxygen atoms in total. The van der Waals surface area contributed by atoms with Gasteiger partial charge in [0.2, 0.25) is 0 Å². The second kappa shape index (κ2) is 6.03. The molecule has 0 unspecified atom stereocenters. The zero-order valence-corrected chi connectivity index (χ0v) is 10.6. The van der Waals surface area contributed by atoms with Crippen LogP contribution in [-0.4, -0.2) is 37.7 Å². The summed E-state index contributed by atoms with van der Waals surface area (Å²) in [6.07, 6.45) is 3.39. The molecule has 0 bridgehead atoms. The summed E-state index contributed by atoms with van der Waals surface area (Å²) in [5, 5.41) is 0. The van der Waals surface area contributed by atoms with Crippen molar-refractivity contribution in [2.75, 3.05) is 26.7 Å². The first kappa shape index (κ1) is 12.4. The van der Waals surface area contributed by atoms with Crippen LogP contribution in [0.1, 0.15) is 18.4 Å². The minimum Gasteiger partial charge on any atom is -0.497 e. The first-order valence-corrected chi connectivity index (χ1v) is 6.39. The van der Waals surface area contributed by atoms with Crippen LogP contribution in [0.25, 0.3) is 0 Å². The van der Waals surface area contributed by atoms with Gasteiger partial charge in [-0.1, -0.05) is 12.1 Å². The number of nitrogens with zero attached hydrogens (tertiary/aromatic N) is 1. The highest BCUT2D eigenvalue weighted by atomic mass is 16.5. The van der Waals surface area contributed by atoms with Gasteiger partial charge in [0.1, 0.15) is 5.75 Å². The number of hydrogen-bond acceptors (Lipinski definition) is 3. The van der Waals surface area contributed by atoms with Gasteiger partial charge in [0.05, 0.1) is 7.11 Å². The Hall–Kier alpha value is -1.06. The van der Waals surface area contributed by atoms with E-state index in [1.807, 2.05) is 12.1 Å². The van der Waals surface area contributed by atoms with E-state index in [4.69, 9.17) is 10.5 Å². The molecule has 1 aromatic rings. The van der Waals surface area contributed by atoms with Crippen LogP contribution in [0.15, 0.2) is 24.3 Å². The molecule has 0 amide bonds. The van der Waals surface area contributed by atoms with Gasteiger partial charge >= 0.3 is 0 Å². The van der Waals surface area contributed by atoms with Gasteiger partial charge in [-0.05, 0) is 50.0 Å². The molecule has 1 fully saturated rings. The van der Waals surface area contributed by atoms with E-state index in [0.29, 0.717) is 6.04 Å². The van der Waals surface area contributed by atoms with Crippen molar-refractivity contribution < 1.29 is 4.74 Å². The summed E-state index contributed by atoms with van der Waals surface area (Å²) in [5.41, 5.74) is 7.27. The molecular formula is C14H22N2O. The van der Waals surface area contributed by atoms with Crippen LogP contribution in [-0.2, 0) is 6.42 Å². The predicted octanol–water partition coefficient (Wildman–Crippen LogP) is 1.66. The Morgan fingerprint density at radius 3 is 2.47 bits per heavy atom. The lowest BCUT2D eigenvalue weighted by molar-refractivity contribution is 0.215. The fraction of sp³-hybridized carbons (Fsp3) is 0.571. The third kappa shape index (κ3) is 3.72. The number of likely N-dealkylation sites (tertiary alicyclic amines) is 1. The Labute approximate surface area is 104 Å². The summed E-state index contributed by atoms with van der Waals surface area (Å²) in [7, 11) is 1.70. The topological polar surface area (TPSA) is 38.5 Å². The van der Waals surface area contributed by atoms with E-state index in [9.17, 15) is 0 Å². The summed E-state index contributed by atoms with van der Waals surface area (Å²) in [6.45, 7) is 3.44. The molecule has 1 heterocycles. The molecule has 1 aliphatic rings. The molecule has 2 N–H and O–H groups in total. The second-order valence-corrected chi connectivity index (χ2v) is 4.78. The van der Waals surface area contributed by atoms with Gasteiger partial charge in [-0.15, -0.1) is 0 Å². The van der Waals surface area contributed by atoms with Gasteiger partial charge in [0, 0.05) is 12.6 Å². The van der Waals surface area contributed by atoms with E-state index < -0.39 is 0 Å². The van der Waals surface area contributed by atoms with Crippen molar-refractivity contribution in [1.29, 1.82) is 0 Å². The Kier molecular flexibility index (Phi) is 4.40. The Morgan fingerprint density at radius 1 is 1.24 bits per heavy atom. The van der Waals surface area contributed by atoms with Crippen molar-refractivity contribution in [3.8, 4) is 5.75 Å². The molecule has 94 valence electrons. The van der Waals surface area contributed by atoms with Crippen molar-refractivity contribution >= 4 is 0 Å². The number of hydrogen-bond donors (Lipinski definition) is 1. The monoisotopic (exact) mass is 234 g/mol. The van der Waals surface area contributed by atoms with Crippen LogP contribution in [0.4, 0.5) is 0 Å². The zero-order chi connectivity index (χ0) is 12.1. The molecule has 1 aliphatic heterocycles. The largest absolute Gasteiger partial charge is 0.497 e. The van der Waals surface area contributed by atoms with E-state index >= 15 is 0 Å². The highest BCUT2D eigenvalue weighted by Gasteiger charge is 2.15. The fourth-order valence-electron chi connectivity index (χ4n) is 2.26. The Balaban J connectivity index is 1.77. The molecular weight excluding hydrogens is 212 g/mol. The average molecular weight is 234 g/mol. The molecule has 1 saturated heterocycles. The summed E-state index contributed by atoms with van der Waals surface area (Å²) >= 11 is 0. The number of benzene rings is 1. The van der Waals surface area contributed by atoms with Gasteiger partial charge in [-0.3, -0.25) is 0 Å². The summed E-state index contributed by atoms with van der Waals surface area (Å²) < 4.78 is 5.15. The standard InChI is InChI=1S/C14H22N2O/c1-17-14-4-2-12(3-5-14)6-9-16-10-7-13(15)8-11-16/h2-5,13H,6-11,15H2,1H3. The molecule has 0 spiro atoms. The van der Waals surface area contributed by atoms with Crippen molar-refractivity contribution in [1.82, 2.24) is 4.90 Å². The van der Waals surface area contributed by atoms with Crippen LogP contribution < -0.4 is 10.5 Å². The van der Waals surface area contributed by atoms with Crippen molar-refractivity contribution in [2.24, 2.45) is 5.73 Å². The van der Waals surface area contributed by atoms with Crippen molar-refractivity contribution in [3.63, 3.8) is 0 Å². The predicted molar refractivity (Wildman–Crippen MR) is 70.3 cm³/mol. The zero-order valence-electron chi connectivity index (χ0n) is 10.6. The van der Waals surface area contributed by atoms with Crippen LogP contribution in [0.3, 0.4) is 0 Å². The maximum atomic E-state index is 5.90. The lowest BCUT2D eigenvalue weighted by Crippen LogP contribution is -2.40. The minimum absolute atomic E-state index is 0.423. The highest BCUT2D eigenvalue weighted by molar-refractivity contribution is 5.27. The molecule has 1 aromatic carbocycles. The van der Waals surface area contributed by atoms with E-state index in [2.05, 4.69) is 17.0 Å². The molecule has 0 radical (unpaired) electrons. The minimum atomic E-state index is 0.423. The Bertz CT molecular complexity index is 329. The fourth-order valence-corrected chi connectivity index (χ4v) is 2.26. The summed E-state index contributed by atoms with van der Waals surface area (Å²) in [4.78, 5) is 2.51. The first-order chi connectivity index (χ1) is 8.28. The van der Waals surface area contributed by atoms with Crippen LogP contribution >= 0.6 is 0 Å². The van der Waals surface area contributed by atoms with Crippen LogP contribution in [0.5, 0.6) is 5.75 Å². The van der Waals surface area contributed by atoms with Gasteiger partial charge in [-0.2, -0.15) is 0 Å². The van der Waals surface area contributed by atoms with Gasteiger partial charge in [0.25, 0.3) is 0 Å². The normalized spacial score (nSPS) is 18.2. The third-order valence-corrected chi connectivity index (χ3v) is 3.51. The number of piperidine rings is 1. The van der Waals surface area contributed by atoms with E-state index in [-0.39, 0.29) is 0 Å². The third-order valence-electron chi connectivity index (χ3n) is 3.51. The smallest absolute Gasteiger partial charge is 0.118 e. The quantitative estimate of drug-likeness (QED) is 0.861. The van der Waals surface area contributed by atoms with Gasteiger partial charge in [-0.25, -0.2) is 0 Å². The van der Waals surface area contributed by atoms with E-state index in [0.717, 1.165) is 44.6 Å². The maximum absolute atomic E-state index is 5.90. The summed E-state index contributed by atoms with van der Waals surface area (Å²) in [5.74, 6) is 0.928. The molecule has 3 heteroatoms. The average Bonchev–Trinajstić information content (AvgIpc) is 2.39. The lowest BCUT2D eigenvalue weighted by Gasteiger charge is -2.29. The maximum Gasteiger partial charge on any atom is 0.118 e. The highest BCUT2D eigenvalue weighted by Crippen LogP contribution is 2.13. The van der Waals surface area contributed by atoms with Crippen molar-refractivity contribution in [3.05, 3.63) is 29.8 Å². The number of methoxy groups -OCH3 is 1. The Morgan fingerprint density at radius 2 is 1.88 bits per heavy atom. The second-order valence-electron chi connectivity index (χ2n) is 4.78. The van der Waals surface area contributed by atoms with E-state index in [1.165, 1.54) is 5.56 Å². The van der Waals surface area contributed by atoms with E-state index in [1.54, 1.807) is 7.11 Å². The van der Waals surface area contributed by atoms with Gasteiger partial charge < -0.3 is 15.4 Å². The number of rotatable bonds is 4. The number of ether oxygens (including phenoxy) is 1. The number of nitrogens with two attached hydrogens (primary N) is 1. The molecule has 0 aliphatic carbocycles. The first-order valence-electron chi connectivity index (χ1n) is 6.39. The van der Waals surface area contributed by atoms with Crippen LogP contribution in [0, 0.1) is 0 Å². The molecule has 0 aromatic heterocycles. The SMILES string of the molecule is COc1ccc(CCN2CCC(N)CC2)cc1. The van der Waals surface area contributed by atoms with Crippen molar-refractivity contribution in [2.45, 2.75) is 25.3 Å². The molecule has 0 saturated carbocycles. The summed E-state index contributed by atoms with van der Waals surface area (Å²) in [6, 6.07) is 8.78. The lowest BCUT2D eigenvalue weighted by atomic mass is 10.1. The van der Waals surface area contributed by atoms with Gasteiger partial charge in [0.15, 0.2) is 0 Å². The molecule has 2 rings (SSSR count). The molecule has 0 atom stereocenters. The molecule has 17 heavy (non-hydrogen) atoms.